The Kier molecular flexibility index (Phi) is 6.72. The van der Waals surface area contributed by atoms with E-state index in [1.807, 2.05) is 12.1 Å². The molecule has 5 aliphatic rings. The van der Waals surface area contributed by atoms with Crippen molar-refractivity contribution in [2.45, 2.75) is 56.3 Å². The molecule has 47 heavy (non-hydrogen) atoms. The molecule has 4 aromatic rings. The number of anilines is 1. The molecule has 1 saturated carbocycles. The molecule has 2 bridgehead atoms. The average Bonchev–Trinajstić information content (AvgIpc) is 3.56. The maximum atomic E-state index is 17.1. The molecular formula is C36H37FN6O4. The van der Waals surface area contributed by atoms with E-state index in [1.165, 1.54) is 6.07 Å². The number of aromatic nitrogens is 3. The molecular weight excluding hydrogens is 599 g/mol. The molecule has 1 aliphatic carbocycles. The van der Waals surface area contributed by atoms with Crippen molar-refractivity contribution in [1.82, 2.24) is 25.2 Å². The van der Waals surface area contributed by atoms with Gasteiger partial charge in [-0.25, -0.2) is 9.37 Å². The predicted octanol–water partition coefficient (Wildman–Crippen LogP) is 4.25. The fourth-order valence-corrected chi connectivity index (χ4v) is 8.23. The predicted molar refractivity (Wildman–Crippen MR) is 175 cm³/mol. The van der Waals surface area contributed by atoms with Gasteiger partial charge in [0.2, 0.25) is 5.88 Å². The molecule has 2 N–H and O–H groups in total. The molecule has 0 radical (unpaired) electrons. The summed E-state index contributed by atoms with van der Waals surface area (Å²) in [7, 11) is 1.78. The average molecular weight is 637 g/mol. The van der Waals surface area contributed by atoms with Gasteiger partial charge in [-0.15, -0.1) is 6.42 Å². The number of fused-ring (bicyclic) bond motifs is 6. The van der Waals surface area contributed by atoms with Crippen molar-refractivity contribution in [3.05, 3.63) is 41.7 Å². The minimum Gasteiger partial charge on any atom is -0.508 e. The van der Waals surface area contributed by atoms with E-state index in [1.54, 1.807) is 19.2 Å². The number of likely N-dealkylation sites (tertiary alicyclic amines) is 1. The minimum atomic E-state index is -0.639. The van der Waals surface area contributed by atoms with Gasteiger partial charge >= 0.3 is 6.01 Å². The van der Waals surface area contributed by atoms with Gasteiger partial charge in [-0.05, 0) is 55.7 Å². The highest BCUT2D eigenvalue weighted by Crippen LogP contribution is 2.48. The zero-order chi connectivity index (χ0) is 31.9. The summed E-state index contributed by atoms with van der Waals surface area (Å²) in [5.74, 6) is 2.90. The van der Waals surface area contributed by atoms with Crippen LogP contribution in [0.4, 0.5) is 10.2 Å². The summed E-state index contributed by atoms with van der Waals surface area (Å²) in [6.07, 6.45) is 11.4. The van der Waals surface area contributed by atoms with Crippen LogP contribution in [0.1, 0.15) is 37.7 Å². The molecule has 2 aromatic heterocycles. The van der Waals surface area contributed by atoms with Gasteiger partial charge in [0.25, 0.3) is 0 Å². The van der Waals surface area contributed by atoms with Gasteiger partial charge in [0.1, 0.15) is 34.8 Å². The van der Waals surface area contributed by atoms with Gasteiger partial charge in [-0.1, -0.05) is 18.1 Å². The van der Waals surface area contributed by atoms with Gasteiger partial charge in [0.05, 0.1) is 18.8 Å². The van der Waals surface area contributed by atoms with Crippen molar-refractivity contribution in [2.75, 3.05) is 51.4 Å². The quantitative estimate of drug-likeness (QED) is 0.286. The molecule has 2 aromatic carbocycles. The molecule has 10 nitrogen and oxygen atoms in total. The summed E-state index contributed by atoms with van der Waals surface area (Å²) in [6.45, 7) is 4.41. The van der Waals surface area contributed by atoms with Crippen LogP contribution in [-0.4, -0.2) is 95.7 Å². The Hall–Kier alpha value is -4.24. The maximum absolute atomic E-state index is 17.1. The van der Waals surface area contributed by atoms with Crippen LogP contribution in [0.25, 0.3) is 32.9 Å². The topological polar surface area (TPSA) is 105 Å². The Morgan fingerprint density at radius 1 is 1.15 bits per heavy atom. The summed E-state index contributed by atoms with van der Waals surface area (Å²) in [6, 6.07) is 9.24. The Bertz CT molecular complexity index is 1960. The van der Waals surface area contributed by atoms with Crippen molar-refractivity contribution >= 4 is 27.5 Å². The van der Waals surface area contributed by atoms with E-state index in [9.17, 15) is 5.11 Å². The van der Waals surface area contributed by atoms with Crippen LogP contribution in [0.3, 0.4) is 0 Å². The summed E-state index contributed by atoms with van der Waals surface area (Å²) in [5, 5.41) is 16.2. The van der Waals surface area contributed by atoms with Crippen LogP contribution in [-0.2, 0) is 4.74 Å². The number of nitrogens with one attached hydrogen (secondary N) is 1. The molecule has 9 rings (SSSR count). The monoisotopic (exact) mass is 636 g/mol. The number of hydrogen-bond donors (Lipinski definition) is 2. The SMILES string of the molecule is C#Cc1cccc2cc(O)cc(-c3nc4c5c(nc(OCC6(CN7CC[C@H](OC)C7)CC6)nc5c3F)N3C[C@H]5CC[C@H](N5)[C@H]3CO4)c12. The molecule has 4 atom stereocenters. The second-order valence-electron chi connectivity index (χ2n) is 13.9. The Morgan fingerprint density at radius 2 is 2.04 bits per heavy atom. The summed E-state index contributed by atoms with van der Waals surface area (Å²) < 4.78 is 35.5. The lowest BCUT2D eigenvalue weighted by Crippen LogP contribution is -2.60. The van der Waals surface area contributed by atoms with Crippen molar-refractivity contribution < 1.29 is 23.7 Å². The lowest BCUT2D eigenvalue weighted by molar-refractivity contribution is 0.100. The standard InChI is InChI=1S/C36H37FN6O4/c1-3-20-5-4-6-21-13-23(44)14-25(28(20)21)31-30(37)32-29-33(43-15-22-7-8-26(38-22)27(43)17-46-34(29)39-31)41-35(40-32)47-19-36(10-11-36)18-42-12-9-24(16-42)45-2/h1,4-6,13-14,22,24,26-27,38,44H,7-12,15-19H2,2H3/t22-,24+,26+,27-/m1/s1. The van der Waals surface area contributed by atoms with E-state index in [0.29, 0.717) is 52.4 Å². The van der Waals surface area contributed by atoms with Crippen LogP contribution in [0.15, 0.2) is 30.3 Å². The number of piperazine rings is 1. The normalized spacial score (nSPS) is 25.8. The highest BCUT2D eigenvalue weighted by Gasteiger charge is 2.47. The van der Waals surface area contributed by atoms with Gasteiger partial charge in [0, 0.05) is 67.3 Å². The number of pyridine rings is 1. The van der Waals surface area contributed by atoms with Crippen LogP contribution in [0.5, 0.6) is 17.6 Å². The number of benzene rings is 2. The fourth-order valence-electron chi connectivity index (χ4n) is 8.23. The van der Waals surface area contributed by atoms with Crippen molar-refractivity contribution in [3.63, 3.8) is 0 Å². The smallest absolute Gasteiger partial charge is 0.319 e. The number of phenolic OH excluding ortho intramolecular Hbond substituents is 1. The number of nitrogens with zero attached hydrogens (tertiary/aromatic N) is 5. The first-order chi connectivity index (χ1) is 22.9. The van der Waals surface area contributed by atoms with Crippen molar-refractivity contribution in [3.8, 4) is 41.2 Å². The highest BCUT2D eigenvalue weighted by molar-refractivity contribution is 6.04. The molecule has 4 aliphatic heterocycles. The van der Waals surface area contributed by atoms with E-state index in [0.717, 1.165) is 58.3 Å². The van der Waals surface area contributed by atoms with Crippen molar-refractivity contribution in [1.29, 1.82) is 0 Å². The van der Waals surface area contributed by atoms with E-state index >= 15 is 4.39 Å². The number of methoxy groups -OCH3 is 1. The van der Waals surface area contributed by atoms with Crippen LogP contribution in [0, 0.1) is 23.6 Å². The summed E-state index contributed by atoms with van der Waals surface area (Å²) in [5.41, 5.74) is 1.05. The molecule has 4 fully saturated rings. The first-order valence-electron chi connectivity index (χ1n) is 16.6. The highest BCUT2D eigenvalue weighted by atomic mass is 19.1. The van der Waals surface area contributed by atoms with E-state index in [-0.39, 0.29) is 52.5 Å². The van der Waals surface area contributed by atoms with Gasteiger partial charge in [0.15, 0.2) is 5.82 Å². The number of rotatable bonds is 7. The minimum absolute atomic E-state index is 0.00581. The molecule has 6 heterocycles. The van der Waals surface area contributed by atoms with Gasteiger partial charge < -0.3 is 29.5 Å². The number of aromatic hydroxyl groups is 1. The molecule has 0 amide bonds. The lowest BCUT2D eigenvalue weighted by atomic mass is 9.96. The number of terminal acetylenes is 1. The first-order valence-corrected chi connectivity index (χ1v) is 16.6. The third kappa shape index (κ3) is 4.84. The van der Waals surface area contributed by atoms with E-state index in [4.69, 9.17) is 35.6 Å². The maximum Gasteiger partial charge on any atom is 0.319 e. The number of hydrogen-bond acceptors (Lipinski definition) is 10. The zero-order valence-corrected chi connectivity index (χ0v) is 26.3. The number of ether oxygens (including phenoxy) is 3. The summed E-state index contributed by atoms with van der Waals surface area (Å²) >= 11 is 0. The van der Waals surface area contributed by atoms with E-state index in [2.05, 4.69) is 21.0 Å². The van der Waals surface area contributed by atoms with Gasteiger partial charge in [-0.2, -0.15) is 9.97 Å². The molecule has 0 spiro atoms. The lowest BCUT2D eigenvalue weighted by Gasteiger charge is -2.40. The van der Waals surface area contributed by atoms with E-state index < -0.39 is 5.82 Å². The molecule has 3 saturated heterocycles. The first kappa shape index (κ1) is 28.9. The van der Waals surface area contributed by atoms with Crippen molar-refractivity contribution in [2.24, 2.45) is 5.41 Å². The largest absolute Gasteiger partial charge is 0.508 e. The number of phenols is 1. The molecule has 242 valence electrons. The second-order valence-corrected chi connectivity index (χ2v) is 13.9. The van der Waals surface area contributed by atoms with Gasteiger partial charge in [-0.3, -0.25) is 4.90 Å². The summed E-state index contributed by atoms with van der Waals surface area (Å²) in [4.78, 5) is 19.2. The van der Waals surface area contributed by atoms with Crippen LogP contribution >= 0.6 is 0 Å². The van der Waals surface area contributed by atoms with Crippen LogP contribution < -0.4 is 19.7 Å². The molecule has 0 unspecified atom stereocenters. The Morgan fingerprint density at radius 3 is 2.85 bits per heavy atom. The zero-order valence-electron chi connectivity index (χ0n) is 26.3. The Labute approximate surface area is 272 Å². The molecule has 11 heteroatoms. The fraction of sp³-hybridized carbons (Fsp3) is 0.472. The number of halogens is 1. The third-order valence-electron chi connectivity index (χ3n) is 10.9. The second kappa shape index (κ2) is 10.9. The third-order valence-corrected chi connectivity index (χ3v) is 10.9. The van der Waals surface area contributed by atoms with Crippen LogP contribution in [0.2, 0.25) is 0 Å². The Balaban J connectivity index is 1.17.